The molecule has 326 valence electrons. The van der Waals surface area contributed by atoms with Crippen LogP contribution in [0.25, 0.3) is 0 Å². The van der Waals surface area contributed by atoms with Gasteiger partial charge in [-0.25, -0.2) is 0 Å². The highest BCUT2D eigenvalue weighted by atomic mass is 28.4. The molecule has 8 rings (SSSR count). The molecule has 11 nitrogen and oxygen atoms in total. The second kappa shape index (κ2) is 14.9. The lowest BCUT2D eigenvalue weighted by molar-refractivity contribution is -0.282. The highest BCUT2D eigenvalue weighted by molar-refractivity contribution is 6.99. The van der Waals surface area contributed by atoms with Crippen molar-refractivity contribution >= 4 is 36.3 Å². The van der Waals surface area contributed by atoms with E-state index >= 15 is 0 Å². The van der Waals surface area contributed by atoms with Gasteiger partial charge in [-0.2, -0.15) is 0 Å². The van der Waals surface area contributed by atoms with Crippen LogP contribution in [-0.4, -0.2) is 86.1 Å². The van der Waals surface area contributed by atoms with Crippen molar-refractivity contribution in [3.05, 3.63) is 72.3 Å². The molecular formula is C48H66N2O9Si. The number of hydrogen-bond acceptors (Lipinski definition) is 11. The number of hydrogen-bond donors (Lipinski definition) is 2. The normalized spacial score (nSPS) is 41.5. The molecule has 3 saturated carbocycles. The third-order valence-corrected chi connectivity index (χ3v) is 21.2. The van der Waals surface area contributed by atoms with Crippen LogP contribution in [0.4, 0.5) is 0 Å². The summed E-state index contributed by atoms with van der Waals surface area (Å²) >= 11 is 0. The number of esters is 2. The van der Waals surface area contributed by atoms with E-state index in [0.717, 1.165) is 47.3 Å². The van der Waals surface area contributed by atoms with Crippen molar-refractivity contribution in [1.29, 1.82) is 0 Å². The minimum Gasteiger partial charge on any atom is -0.462 e. The molecule has 1 spiro atoms. The average molecular weight is 843 g/mol. The Balaban J connectivity index is 1.16. The summed E-state index contributed by atoms with van der Waals surface area (Å²) in [4.78, 5) is 31.2. The molecule has 2 aromatic rings. The van der Waals surface area contributed by atoms with Crippen molar-refractivity contribution in [2.24, 2.45) is 45.4 Å². The van der Waals surface area contributed by atoms with Crippen LogP contribution in [0.2, 0.25) is 5.04 Å². The largest absolute Gasteiger partial charge is 0.462 e. The number of fused-ring (bicyclic) bond motifs is 7. The first kappa shape index (κ1) is 43.3. The fourth-order valence-corrected chi connectivity index (χ4v) is 18.2. The summed E-state index contributed by atoms with van der Waals surface area (Å²) in [6.45, 7) is 18.1. The van der Waals surface area contributed by atoms with Gasteiger partial charge >= 0.3 is 11.9 Å². The number of ether oxygens (including phenoxy) is 4. The Labute approximate surface area is 356 Å². The van der Waals surface area contributed by atoms with Crippen LogP contribution in [0.3, 0.4) is 0 Å². The van der Waals surface area contributed by atoms with Gasteiger partial charge in [0.2, 0.25) is 5.79 Å². The highest BCUT2D eigenvalue weighted by Gasteiger charge is 2.80. The molecule has 2 aromatic carbocycles. The van der Waals surface area contributed by atoms with E-state index in [4.69, 9.17) is 33.9 Å². The zero-order valence-electron chi connectivity index (χ0n) is 37.2. The molecule has 6 aliphatic rings. The van der Waals surface area contributed by atoms with Crippen molar-refractivity contribution in [3.63, 3.8) is 0 Å². The summed E-state index contributed by atoms with van der Waals surface area (Å²) < 4.78 is 34.3. The fourth-order valence-electron chi connectivity index (χ4n) is 13.5. The van der Waals surface area contributed by atoms with Crippen LogP contribution in [0.5, 0.6) is 0 Å². The van der Waals surface area contributed by atoms with E-state index in [0.29, 0.717) is 12.3 Å². The number of rotatable bonds is 8. The van der Waals surface area contributed by atoms with Gasteiger partial charge in [0.05, 0.1) is 23.3 Å². The minimum absolute atomic E-state index is 0.122. The third-order valence-electron chi connectivity index (χ3n) is 16.2. The fraction of sp³-hybridized carbons (Fsp3) is 0.646. The molecule has 12 heteroatoms. The van der Waals surface area contributed by atoms with Crippen LogP contribution in [0.1, 0.15) is 101 Å². The Morgan fingerprint density at radius 1 is 0.933 bits per heavy atom. The van der Waals surface area contributed by atoms with E-state index in [1.807, 2.05) is 32.9 Å². The molecule has 0 aromatic heterocycles. The van der Waals surface area contributed by atoms with Gasteiger partial charge in [0.15, 0.2) is 6.10 Å². The van der Waals surface area contributed by atoms with Crippen molar-refractivity contribution < 1.29 is 42.9 Å². The molecule has 0 bridgehead atoms. The molecule has 2 aliphatic heterocycles. The first-order valence-electron chi connectivity index (χ1n) is 22.0. The number of oxime groups is 1. The Hall–Kier alpha value is -3.39. The summed E-state index contributed by atoms with van der Waals surface area (Å²) in [5.74, 6) is -2.48. The predicted molar refractivity (Wildman–Crippen MR) is 231 cm³/mol. The zero-order valence-corrected chi connectivity index (χ0v) is 38.2. The van der Waals surface area contributed by atoms with Crippen LogP contribution in [0, 0.1) is 34.5 Å². The molecule has 5 fully saturated rings. The monoisotopic (exact) mass is 842 g/mol. The second-order valence-electron chi connectivity index (χ2n) is 20.5. The van der Waals surface area contributed by atoms with Gasteiger partial charge in [-0.05, 0) is 84.5 Å². The van der Waals surface area contributed by atoms with Gasteiger partial charge in [0, 0.05) is 32.2 Å². The van der Waals surface area contributed by atoms with E-state index in [9.17, 15) is 14.7 Å². The third kappa shape index (κ3) is 6.24. The first-order valence-corrected chi connectivity index (χ1v) is 23.9. The SMILES string of the molecule is CO/N=C1\C[C@@H]2CC[C@H]3C4=C[C@@H]5O[C@]6(O[C@](C)(CO[Si](c7ccccc7)(c7ccccc7)C(C)(C)C)C[C@H]6OC(C)=O)[C@@H](C)[C@]5(O)[C@@]4(C)[C@H](OC(C)=O)C[C@@H]3[C@@]2(C)C[C@H]1N. The molecule has 2 heterocycles. The quantitative estimate of drug-likeness (QED) is 0.137. The molecule has 0 amide bonds. The molecule has 13 atom stereocenters. The Morgan fingerprint density at radius 3 is 2.10 bits per heavy atom. The number of nitrogens with zero attached hydrogens (tertiary/aromatic N) is 1. The van der Waals surface area contributed by atoms with Crippen LogP contribution < -0.4 is 16.1 Å². The zero-order chi connectivity index (χ0) is 43.3. The lowest BCUT2D eigenvalue weighted by Gasteiger charge is -2.62. The molecular weight excluding hydrogens is 777 g/mol. The van der Waals surface area contributed by atoms with Gasteiger partial charge in [-0.1, -0.05) is 112 Å². The smallest absolute Gasteiger partial charge is 0.303 e. The number of benzene rings is 2. The van der Waals surface area contributed by atoms with Crippen LogP contribution >= 0.6 is 0 Å². The van der Waals surface area contributed by atoms with Crippen LogP contribution in [-0.2, 0) is 37.8 Å². The molecule has 0 unspecified atom stereocenters. The lowest BCUT2D eigenvalue weighted by atomic mass is 9.44. The summed E-state index contributed by atoms with van der Waals surface area (Å²) in [6.07, 6.45) is 4.05. The molecule has 0 radical (unpaired) electrons. The lowest BCUT2D eigenvalue weighted by Crippen LogP contribution is -2.67. The van der Waals surface area contributed by atoms with E-state index in [-0.39, 0.29) is 41.4 Å². The maximum Gasteiger partial charge on any atom is 0.303 e. The molecule has 4 aliphatic carbocycles. The van der Waals surface area contributed by atoms with E-state index in [1.165, 1.54) is 13.8 Å². The van der Waals surface area contributed by atoms with Crippen molar-refractivity contribution in [1.82, 2.24) is 0 Å². The average Bonchev–Trinajstić information content (AvgIpc) is 3.68. The van der Waals surface area contributed by atoms with E-state index in [1.54, 1.807) is 7.11 Å². The maximum absolute atomic E-state index is 13.6. The van der Waals surface area contributed by atoms with Gasteiger partial charge in [0.25, 0.3) is 8.32 Å². The summed E-state index contributed by atoms with van der Waals surface area (Å²) in [5, 5.41) is 19.9. The van der Waals surface area contributed by atoms with Gasteiger partial charge in [-0.15, -0.1) is 0 Å². The van der Waals surface area contributed by atoms with Crippen molar-refractivity contribution in [2.45, 2.75) is 147 Å². The second-order valence-corrected chi connectivity index (χ2v) is 24.8. The Bertz CT molecular complexity index is 2000. The number of aliphatic hydroxyl groups is 1. The van der Waals surface area contributed by atoms with E-state index < -0.39 is 66.9 Å². The number of nitrogens with two attached hydrogens (primary N) is 1. The molecule has 60 heavy (non-hydrogen) atoms. The standard InChI is InChI=1S/C48H66N2O9Si/c1-29-47(53)41(25-37-35-22-21-32-23-39(50-54-10)38(49)26-45(32,8)36(35)24-40(46(37,47)9)56-30(2)51)58-48(29)42(57-31(3)52)27-44(7,59-48)28-55-60(43(4,5)6,33-17-13-11-14-18-33)34-19-15-12-16-20-34/h11-20,25,29,32,35-36,38,40-42,53H,21-24,26-28,49H2,1-10H3/b50-39+/t29-,32-,35+,36-,38+,40+,41-,42+,44-,45-,46+,47+,48-/m0/s1. The number of carbonyl (C=O) groups excluding carboxylic acids is 2. The van der Waals surface area contributed by atoms with Crippen LogP contribution in [0.15, 0.2) is 77.5 Å². The van der Waals surface area contributed by atoms with E-state index in [2.05, 4.69) is 87.5 Å². The van der Waals surface area contributed by atoms with Gasteiger partial charge in [-0.3, -0.25) is 9.59 Å². The maximum atomic E-state index is 13.6. The van der Waals surface area contributed by atoms with Gasteiger partial charge in [0.1, 0.15) is 24.9 Å². The summed E-state index contributed by atoms with van der Waals surface area (Å²) in [7, 11) is -1.42. The molecule has 2 saturated heterocycles. The summed E-state index contributed by atoms with van der Waals surface area (Å²) in [6, 6.07) is 20.7. The van der Waals surface area contributed by atoms with Crippen molar-refractivity contribution in [3.8, 4) is 0 Å². The van der Waals surface area contributed by atoms with Crippen molar-refractivity contribution in [2.75, 3.05) is 13.7 Å². The Morgan fingerprint density at radius 2 is 1.53 bits per heavy atom. The molecule has 3 N–H and O–H groups in total. The van der Waals surface area contributed by atoms with Gasteiger partial charge < -0.3 is 39.1 Å². The Kier molecular flexibility index (Phi) is 10.7. The topological polar surface area (TPSA) is 148 Å². The number of carbonyl (C=O) groups is 2. The summed E-state index contributed by atoms with van der Waals surface area (Å²) in [5.41, 5.74) is 5.02. The predicted octanol–water partition coefficient (Wildman–Crippen LogP) is 6.19. The highest BCUT2D eigenvalue weighted by Crippen LogP contribution is 2.72. The first-order chi connectivity index (χ1) is 28.2. The minimum atomic E-state index is -2.99.